The molecule has 3 amide bonds. The van der Waals surface area contributed by atoms with E-state index in [-0.39, 0.29) is 65.4 Å². The summed E-state index contributed by atoms with van der Waals surface area (Å²) in [5.41, 5.74) is 3.17. The molecule has 2 aromatic carbocycles. The number of methoxy groups -OCH3 is 2. The number of nitrogens with one attached hydrogen (secondary N) is 1. The number of unbranched alkanes of at least 4 members (excludes halogenated alkanes) is 2. The number of amides is 3. The molecule has 2 N–H and O–H groups in total. The van der Waals surface area contributed by atoms with Crippen molar-refractivity contribution in [1.29, 1.82) is 0 Å². The minimum atomic E-state index is -1.45. The van der Waals surface area contributed by atoms with E-state index in [2.05, 4.69) is 23.5 Å². The SMILES string of the molecule is C=C1C[C@H]2CNc3cc(OCCCCCOc4cc5c(cc4OC)C(=O)N4CC(=C)C[C@H]4[C@H](O)N5C(=O)OC[C@@H](C)SSc4ccc([N+](=O)[O-])cn4)c(OC)cc3C(=O)N2C1. The smallest absolute Gasteiger partial charge is 0.416 e. The van der Waals surface area contributed by atoms with Gasteiger partial charge in [0.1, 0.15) is 17.8 Å². The Morgan fingerprint density at radius 2 is 1.61 bits per heavy atom. The Hall–Kier alpha value is -5.66. The fourth-order valence-electron chi connectivity index (χ4n) is 7.71. The van der Waals surface area contributed by atoms with Crippen molar-refractivity contribution in [3.63, 3.8) is 0 Å². The zero-order valence-corrected chi connectivity index (χ0v) is 35.8. The number of anilines is 2. The number of ether oxygens (including phenoxy) is 5. The summed E-state index contributed by atoms with van der Waals surface area (Å²) >= 11 is 0. The van der Waals surface area contributed by atoms with E-state index in [0.717, 1.165) is 28.9 Å². The fourth-order valence-corrected chi connectivity index (χ4v) is 9.57. The molecule has 3 aromatic rings. The molecule has 19 heteroatoms. The molecule has 4 aliphatic rings. The standard InChI is InChI=1S/C42H48N6O11S2/c1-24-13-28-20-43-31-17-36(34(55-4)15-29(31)39(49)45(28)21-24)57-11-7-6-8-12-58-37-18-32-30(16-35(37)56-5)40(50)46-22-25(2)14-33(46)41(51)47(32)42(52)59-23-26(3)60-61-38-10-9-27(19-44-38)48(53)54/h9-10,15-19,26,28,33,41,43,51H,1-2,6-8,11-14,20-23H2,3-5H3/t26-,28+,33+,41+/m1/s1. The molecule has 61 heavy (non-hydrogen) atoms. The lowest BCUT2D eigenvalue weighted by molar-refractivity contribution is -0.385. The molecule has 1 aromatic heterocycles. The maximum absolute atomic E-state index is 14.0. The largest absolute Gasteiger partial charge is 0.493 e. The Kier molecular flexibility index (Phi) is 13.5. The first kappa shape index (κ1) is 43.4. The molecular weight excluding hydrogens is 829 g/mol. The van der Waals surface area contributed by atoms with Crippen LogP contribution in [0.1, 0.15) is 59.7 Å². The highest BCUT2D eigenvalue weighted by Crippen LogP contribution is 2.43. The second-order valence-electron chi connectivity index (χ2n) is 15.2. The van der Waals surface area contributed by atoms with Crippen LogP contribution < -0.4 is 29.2 Å². The van der Waals surface area contributed by atoms with Crippen LogP contribution in [-0.2, 0) is 4.74 Å². The number of hydrogen-bond donors (Lipinski definition) is 2. The number of aromatic nitrogens is 1. The van der Waals surface area contributed by atoms with E-state index in [1.54, 1.807) is 19.2 Å². The van der Waals surface area contributed by atoms with Gasteiger partial charge in [-0.15, -0.1) is 0 Å². The number of hydrogen-bond acceptors (Lipinski definition) is 15. The minimum Gasteiger partial charge on any atom is -0.493 e. The Morgan fingerprint density at radius 1 is 0.951 bits per heavy atom. The zero-order chi connectivity index (χ0) is 43.4. The fraction of sp³-hybridized carbons (Fsp3) is 0.429. The van der Waals surface area contributed by atoms with Crippen LogP contribution in [0.5, 0.6) is 23.0 Å². The number of nitrogens with zero attached hydrogens (tertiary/aromatic N) is 5. The summed E-state index contributed by atoms with van der Waals surface area (Å²) in [7, 11) is 5.64. The van der Waals surface area contributed by atoms with Crippen molar-refractivity contribution in [2.24, 2.45) is 0 Å². The van der Waals surface area contributed by atoms with Crippen molar-refractivity contribution in [1.82, 2.24) is 14.8 Å². The number of rotatable bonds is 16. The number of aliphatic hydroxyl groups is 1. The molecule has 0 saturated carbocycles. The summed E-state index contributed by atoms with van der Waals surface area (Å²) in [6.45, 7) is 11.9. The molecule has 324 valence electrons. The van der Waals surface area contributed by atoms with Crippen LogP contribution in [0.15, 0.2) is 71.9 Å². The highest BCUT2D eigenvalue weighted by molar-refractivity contribution is 8.76. The number of carbonyl (C=O) groups excluding carboxylic acids is 3. The van der Waals surface area contributed by atoms with Crippen molar-refractivity contribution in [2.45, 2.75) is 67.6 Å². The van der Waals surface area contributed by atoms with Gasteiger partial charge in [0.05, 0.1) is 66.9 Å². The van der Waals surface area contributed by atoms with Crippen molar-refractivity contribution in [3.8, 4) is 23.0 Å². The van der Waals surface area contributed by atoms with E-state index in [4.69, 9.17) is 23.7 Å². The van der Waals surface area contributed by atoms with Crippen LogP contribution in [-0.4, -0.2) is 120 Å². The highest BCUT2D eigenvalue weighted by Gasteiger charge is 2.46. The molecule has 2 saturated heterocycles. The first-order valence-electron chi connectivity index (χ1n) is 19.8. The average molecular weight is 877 g/mol. The van der Waals surface area contributed by atoms with Gasteiger partial charge in [-0.1, -0.05) is 35.1 Å². The molecule has 4 atom stereocenters. The van der Waals surface area contributed by atoms with Crippen LogP contribution in [0.4, 0.5) is 21.9 Å². The van der Waals surface area contributed by atoms with Gasteiger partial charge in [-0.25, -0.2) is 14.7 Å². The van der Waals surface area contributed by atoms with Crippen LogP contribution in [0.2, 0.25) is 0 Å². The summed E-state index contributed by atoms with van der Waals surface area (Å²) in [5.74, 6) is 1.12. The number of carbonyl (C=O) groups is 3. The molecule has 0 radical (unpaired) electrons. The lowest BCUT2D eigenvalue weighted by Gasteiger charge is -2.31. The monoisotopic (exact) mass is 876 g/mol. The van der Waals surface area contributed by atoms with Gasteiger partial charge < -0.3 is 43.9 Å². The number of aliphatic hydroxyl groups excluding tert-OH is 1. The van der Waals surface area contributed by atoms with Gasteiger partial charge in [-0.3, -0.25) is 19.7 Å². The summed E-state index contributed by atoms with van der Waals surface area (Å²) in [5, 5.41) is 26.4. The molecule has 5 heterocycles. The molecule has 0 bridgehead atoms. The number of pyridine rings is 1. The molecule has 0 spiro atoms. The highest BCUT2D eigenvalue weighted by atomic mass is 33.1. The third kappa shape index (κ3) is 9.48. The van der Waals surface area contributed by atoms with E-state index in [1.807, 2.05) is 17.9 Å². The summed E-state index contributed by atoms with van der Waals surface area (Å²) in [6, 6.07) is 8.79. The summed E-state index contributed by atoms with van der Waals surface area (Å²) in [4.78, 5) is 60.2. The third-order valence-corrected chi connectivity index (χ3v) is 13.5. The maximum atomic E-state index is 14.0. The second kappa shape index (κ2) is 18.9. The molecule has 0 unspecified atom stereocenters. The Morgan fingerprint density at radius 3 is 2.28 bits per heavy atom. The first-order chi connectivity index (χ1) is 29.4. The lowest BCUT2D eigenvalue weighted by atomic mass is 10.1. The topological polar surface area (TPSA) is 195 Å². The Balaban J connectivity index is 0.972. The molecule has 4 aliphatic heterocycles. The predicted octanol–water partition coefficient (Wildman–Crippen LogP) is 6.71. The van der Waals surface area contributed by atoms with Gasteiger partial charge in [0.2, 0.25) is 0 Å². The molecule has 0 aliphatic carbocycles. The molecule has 17 nitrogen and oxygen atoms in total. The van der Waals surface area contributed by atoms with E-state index in [0.29, 0.717) is 66.7 Å². The lowest BCUT2D eigenvalue weighted by Crippen LogP contribution is -2.51. The predicted molar refractivity (Wildman–Crippen MR) is 230 cm³/mol. The van der Waals surface area contributed by atoms with Crippen molar-refractivity contribution < 1.29 is 48.1 Å². The van der Waals surface area contributed by atoms with E-state index in [1.165, 1.54) is 58.0 Å². The Bertz CT molecular complexity index is 2210. The van der Waals surface area contributed by atoms with Gasteiger partial charge in [-0.2, -0.15) is 0 Å². The van der Waals surface area contributed by atoms with Gasteiger partial charge in [0.25, 0.3) is 17.5 Å². The third-order valence-electron chi connectivity index (χ3n) is 10.8. The molecular formula is C42H48N6O11S2. The molecule has 7 rings (SSSR count). The average Bonchev–Trinajstić information content (AvgIpc) is 3.79. The van der Waals surface area contributed by atoms with Crippen molar-refractivity contribution in [2.75, 3.05) is 63.9 Å². The van der Waals surface area contributed by atoms with Gasteiger partial charge in [-0.05, 0) is 68.0 Å². The van der Waals surface area contributed by atoms with Crippen molar-refractivity contribution >= 4 is 56.6 Å². The minimum absolute atomic E-state index is 0.0495. The van der Waals surface area contributed by atoms with Gasteiger partial charge >= 0.3 is 6.09 Å². The number of benzene rings is 2. The summed E-state index contributed by atoms with van der Waals surface area (Å²) < 4.78 is 29.3. The Labute approximate surface area is 360 Å². The van der Waals surface area contributed by atoms with Crippen LogP contribution in [0.3, 0.4) is 0 Å². The maximum Gasteiger partial charge on any atom is 0.416 e. The van der Waals surface area contributed by atoms with E-state index >= 15 is 0 Å². The van der Waals surface area contributed by atoms with Crippen LogP contribution >= 0.6 is 21.6 Å². The quantitative estimate of drug-likeness (QED) is 0.0507. The van der Waals surface area contributed by atoms with Crippen molar-refractivity contribution in [3.05, 3.63) is 88.1 Å². The normalized spacial score (nSPS) is 19.8. The number of fused-ring (bicyclic) bond motifs is 4. The molecule has 2 fully saturated rings. The summed E-state index contributed by atoms with van der Waals surface area (Å²) in [6.07, 6.45) is 2.01. The zero-order valence-electron chi connectivity index (χ0n) is 34.1. The second-order valence-corrected chi connectivity index (χ2v) is 17.8. The van der Waals surface area contributed by atoms with Gasteiger partial charge in [0, 0.05) is 43.1 Å². The first-order valence-corrected chi connectivity index (χ1v) is 22.0. The van der Waals surface area contributed by atoms with Crippen LogP contribution in [0, 0.1) is 10.1 Å². The van der Waals surface area contributed by atoms with Crippen LogP contribution in [0.25, 0.3) is 0 Å². The number of nitro groups is 1. The van der Waals surface area contributed by atoms with Gasteiger partial charge in [0.15, 0.2) is 29.2 Å². The van der Waals surface area contributed by atoms with E-state index < -0.39 is 29.2 Å². The van der Waals surface area contributed by atoms with E-state index in [9.17, 15) is 29.6 Å².